The Bertz CT molecular complexity index is 519. The molecule has 0 N–H and O–H groups in total. The zero-order chi connectivity index (χ0) is 14.5. The predicted molar refractivity (Wildman–Crippen MR) is 78.1 cm³/mol. The Morgan fingerprint density at radius 3 is 2.86 bits per heavy atom. The summed E-state index contributed by atoms with van der Waals surface area (Å²) in [4.78, 5) is 13.9. The molecule has 2 aliphatic rings. The molecular weight excluding hydrogens is 270 g/mol. The number of hydrogen-bond acceptors (Lipinski definition) is 4. The second-order valence-electron chi connectivity index (χ2n) is 5.08. The van der Waals surface area contributed by atoms with Crippen molar-refractivity contribution in [3.05, 3.63) is 35.9 Å². The number of carbonyl (C=O) groups is 1. The van der Waals surface area contributed by atoms with Gasteiger partial charge in [-0.1, -0.05) is 18.2 Å². The van der Waals surface area contributed by atoms with E-state index in [-0.39, 0.29) is 12.0 Å². The molecule has 5 heteroatoms. The molecule has 1 aromatic carbocycles. The molecule has 3 rings (SSSR count). The molecule has 112 valence electrons. The summed E-state index contributed by atoms with van der Waals surface area (Å²) in [7, 11) is 0. The fraction of sp³-hybridized carbons (Fsp3) is 0.438. The number of amides is 1. The summed E-state index contributed by atoms with van der Waals surface area (Å²) in [6.07, 6.45) is 3.62. The van der Waals surface area contributed by atoms with Crippen LogP contribution in [0.1, 0.15) is 5.56 Å². The van der Waals surface area contributed by atoms with Crippen molar-refractivity contribution in [2.45, 2.75) is 6.10 Å². The monoisotopic (exact) mass is 289 g/mol. The van der Waals surface area contributed by atoms with E-state index in [2.05, 4.69) is 0 Å². The van der Waals surface area contributed by atoms with Gasteiger partial charge in [0.15, 0.2) is 0 Å². The van der Waals surface area contributed by atoms with Crippen LogP contribution in [0.4, 0.5) is 0 Å². The van der Waals surface area contributed by atoms with Crippen LogP contribution in [-0.4, -0.2) is 56.4 Å². The molecule has 1 atom stereocenters. The van der Waals surface area contributed by atoms with Crippen LogP contribution in [0.5, 0.6) is 5.75 Å². The molecule has 0 bridgehead atoms. The van der Waals surface area contributed by atoms with E-state index < -0.39 is 0 Å². The Hall–Kier alpha value is -1.85. The smallest absolute Gasteiger partial charge is 0.246 e. The van der Waals surface area contributed by atoms with Crippen molar-refractivity contribution in [2.75, 3.05) is 39.5 Å². The Balaban J connectivity index is 1.62. The van der Waals surface area contributed by atoms with Gasteiger partial charge in [0.05, 0.1) is 19.8 Å². The number of hydrogen-bond donors (Lipinski definition) is 0. The van der Waals surface area contributed by atoms with Crippen molar-refractivity contribution in [1.29, 1.82) is 0 Å². The highest BCUT2D eigenvalue weighted by Crippen LogP contribution is 2.21. The first-order chi connectivity index (χ1) is 10.3. The van der Waals surface area contributed by atoms with Gasteiger partial charge in [-0.2, -0.15) is 0 Å². The maximum absolute atomic E-state index is 12.1. The summed E-state index contributed by atoms with van der Waals surface area (Å²) in [5.41, 5.74) is 0.903. The van der Waals surface area contributed by atoms with Gasteiger partial charge in [0.25, 0.3) is 0 Å². The lowest BCUT2D eigenvalue weighted by molar-refractivity contribution is -0.129. The van der Waals surface area contributed by atoms with Gasteiger partial charge in [-0.3, -0.25) is 4.79 Å². The first kappa shape index (κ1) is 14.1. The van der Waals surface area contributed by atoms with Crippen LogP contribution >= 0.6 is 0 Å². The maximum Gasteiger partial charge on any atom is 0.246 e. The number of carbonyl (C=O) groups excluding carboxylic acids is 1. The molecule has 1 amide bonds. The van der Waals surface area contributed by atoms with E-state index in [4.69, 9.17) is 14.2 Å². The fourth-order valence-corrected chi connectivity index (χ4v) is 2.15. The summed E-state index contributed by atoms with van der Waals surface area (Å²) < 4.78 is 16.1. The number of epoxide rings is 1. The minimum atomic E-state index is 0.0126. The molecule has 0 radical (unpaired) electrons. The average molecular weight is 289 g/mol. The molecule has 0 aliphatic carbocycles. The normalized spacial score (nSPS) is 21.5. The highest BCUT2D eigenvalue weighted by Gasteiger charge is 2.23. The largest absolute Gasteiger partial charge is 0.490 e. The number of benzene rings is 1. The van der Waals surface area contributed by atoms with E-state index in [1.807, 2.05) is 24.3 Å². The third kappa shape index (κ3) is 4.06. The zero-order valence-corrected chi connectivity index (χ0v) is 11.9. The number of morpholine rings is 1. The Labute approximate surface area is 124 Å². The lowest BCUT2D eigenvalue weighted by Gasteiger charge is -2.25. The topological polar surface area (TPSA) is 51.3 Å². The second kappa shape index (κ2) is 6.74. The molecule has 2 aliphatic heterocycles. The number of nitrogens with zero attached hydrogens (tertiary/aromatic N) is 1. The zero-order valence-electron chi connectivity index (χ0n) is 11.9. The second-order valence-corrected chi connectivity index (χ2v) is 5.08. The minimum Gasteiger partial charge on any atom is -0.490 e. The molecule has 0 spiro atoms. The molecule has 0 saturated carbocycles. The van der Waals surface area contributed by atoms with Gasteiger partial charge in [0.2, 0.25) is 5.91 Å². The van der Waals surface area contributed by atoms with Gasteiger partial charge >= 0.3 is 0 Å². The quantitative estimate of drug-likeness (QED) is 0.606. The van der Waals surface area contributed by atoms with Crippen LogP contribution < -0.4 is 4.74 Å². The summed E-state index contributed by atoms with van der Waals surface area (Å²) >= 11 is 0. The van der Waals surface area contributed by atoms with Crippen LogP contribution in [0, 0.1) is 0 Å². The van der Waals surface area contributed by atoms with Crippen molar-refractivity contribution in [3.8, 4) is 5.75 Å². The SMILES string of the molecule is O=C(C=Cc1ccccc1OC[C@@H]1CO1)N1CCOCC1. The van der Waals surface area contributed by atoms with Gasteiger partial charge in [-0.25, -0.2) is 0 Å². The standard InChI is InChI=1S/C16H19NO4/c18-16(17-7-9-19-10-8-17)6-5-13-3-1-2-4-15(13)21-12-14-11-20-14/h1-6,14H,7-12H2/t14-/m0/s1. The van der Waals surface area contributed by atoms with Gasteiger partial charge in [-0.15, -0.1) is 0 Å². The van der Waals surface area contributed by atoms with E-state index in [9.17, 15) is 4.79 Å². The van der Waals surface area contributed by atoms with Crippen molar-refractivity contribution in [3.63, 3.8) is 0 Å². The van der Waals surface area contributed by atoms with E-state index in [1.54, 1.807) is 17.1 Å². The summed E-state index contributed by atoms with van der Waals surface area (Å²) in [6, 6.07) is 7.69. The van der Waals surface area contributed by atoms with Crippen molar-refractivity contribution in [2.24, 2.45) is 0 Å². The van der Waals surface area contributed by atoms with Gasteiger partial charge in [0, 0.05) is 24.7 Å². The third-order valence-corrected chi connectivity index (χ3v) is 3.47. The van der Waals surface area contributed by atoms with Gasteiger partial charge in [-0.05, 0) is 12.1 Å². The van der Waals surface area contributed by atoms with Gasteiger partial charge in [0.1, 0.15) is 18.5 Å². The maximum atomic E-state index is 12.1. The molecule has 5 nitrogen and oxygen atoms in total. The molecule has 1 aromatic rings. The molecule has 2 heterocycles. The number of ether oxygens (including phenoxy) is 3. The molecule has 0 unspecified atom stereocenters. The molecular formula is C16H19NO4. The van der Waals surface area contributed by atoms with Crippen LogP contribution in [0.15, 0.2) is 30.3 Å². The predicted octanol–water partition coefficient (Wildman–Crippen LogP) is 1.34. The van der Waals surface area contributed by atoms with Crippen LogP contribution in [0.25, 0.3) is 6.08 Å². The highest BCUT2D eigenvalue weighted by molar-refractivity contribution is 5.92. The lowest BCUT2D eigenvalue weighted by Crippen LogP contribution is -2.39. The average Bonchev–Trinajstić information content (AvgIpc) is 3.36. The molecule has 21 heavy (non-hydrogen) atoms. The summed E-state index contributed by atoms with van der Waals surface area (Å²) in [5, 5.41) is 0. The van der Waals surface area contributed by atoms with Crippen molar-refractivity contribution >= 4 is 12.0 Å². The lowest BCUT2D eigenvalue weighted by atomic mass is 10.2. The van der Waals surface area contributed by atoms with Crippen molar-refractivity contribution < 1.29 is 19.0 Å². The Morgan fingerprint density at radius 2 is 2.10 bits per heavy atom. The van der Waals surface area contributed by atoms with Gasteiger partial charge < -0.3 is 19.1 Å². The first-order valence-electron chi connectivity index (χ1n) is 7.21. The fourth-order valence-electron chi connectivity index (χ4n) is 2.15. The molecule has 2 fully saturated rings. The Morgan fingerprint density at radius 1 is 1.33 bits per heavy atom. The van der Waals surface area contributed by atoms with Crippen LogP contribution in [0.2, 0.25) is 0 Å². The number of para-hydroxylation sites is 1. The van der Waals surface area contributed by atoms with Crippen molar-refractivity contribution in [1.82, 2.24) is 4.90 Å². The first-order valence-corrected chi connectivity index (χ1v) is 7.21. The summed E-state index contributed by atoms with van der Waals surface area (Å²) in [6.45, 7) is 3.86. The Kier molecular flexibility index (Phi) is 4.52. The summed E-state index contributed by atoms with van der Waals surface area (Å²) in [5.74, 6) is 0.789. The van der Waals surface area contributed by atoms with Crippen LogP contribution in [-0.2, 0) is 14.3 Å². The minimum absolute atomic E-state index is 0.0126. The highest BCUT2D eigenvalue weighted by atomic mass is 16.6. The molecule has 2 saturated heterocycles. The van der Waals surface area contributed by atoms with E-state index >= 15 is 0 Å². The molecule has 0 aromatic heterocycles. The van der Waals surface area contributed by atoms with Crippen LogP contribution in [0.3, 0.4) is 0 Å². The number of rotatable bonds is 5. The van der Waals surface area contributed by atoms with E-state index in [1.165, 1.54) is 0 Å². The van der Waals surface area contributed by atoms with E-state index in [0.29, 0.717) is 32.9 Å². The third-order valence-electron chi connectivity index (χ3n) is 3.47. The van der Waals surface area contributed by atoms with E-state index in [0.717, 1.165) is 17.9 Å².